The number of pyridine rings is 1. The SMILES string of the molecule is CC1C=CC(C(=O)Nc2cccc(-c3nncn3C3CC3)n2)=CC1N1C=C(C2CC2)NC1. The zero-order chi connectivity index (χ0) is 21.7. The number of aromatic nitrogens is 4. The molecule has 164 valence electrons. The molecule has 2 unspecified atom stereocenters. The Bertz CT molecular complexity index is 1140. The molecule has 2 aromatic heterocycles. The lowest BCUT2D eigenvalue weighted by atomic mass is 9.92. The topological polar surface area (TPSA) is 88.0 Å². The van der Waals surface area contributed by atoms with Gasteiger partial charge in [-0.05, 0) is 49.8 Å². The van der Waals surface area contributed by atoms with Gasteiger partial charge >= 0.3 is 0 Å². The van der Waals surface area contributed by atoms with Gasteiger partial charge in [0.25, 0.3) is 5.91 Å². The van der Waals surface area contributed by atoms with Gasteiger partial charge in [-0.25, -0.2) is 4.98 Å². The summed E-state index contributed by atoms with van der Waals surface area (Å²) in [5, 5.41) is 14.8. The summed E-state index contributed by atoms with van der Waals surface area (Å²) >= 11 is 0. The summed E-state index contributed by atoms with van der Waals surface area (Å²) in [6, 6.07) is 6.22. The van der Waals surface area contributed by atoms with Gasteiger partial charge < -0.3 is 20.1 Å². The van der Waals surface area contributed by atoms with E-state index in [-0.39, 0.29) is 11.9 Å². The second-order valence-corrected chi connectivity index (χ2v) is 9.19. The first-order valence-corrected chi connectivity index (χ1v) is 11.5. The number of hydrogen-bond donors (Lipinski definition) is 2. The lowest BCUT2D eigenvalue weighted by Gasteiger charge is -2.31. The Morgan fingerprint density at radius 1 is 1.22 bits per heavy atom. The van der Waals surface area contributed by atoms with Crippen LogP contribution in [0.5, 0.6) is 0 Å². The molecule has 0 radical (unpaired) electrons. The number of amides is 1. The van der Waals surface area contributed by atoms with Crippen molar-refractivity contribution in [3.8, 4) is 11.5 Å². The second-order valence-electron chi connectivity index (χ2n) is 9.19. The van der Waals surface area contributed by atoms with Gasteiger partial charge in [0.05, 0.1) is 12.7 Å². The molecule has 2 fully saturated rings. The number of rotatable bonds is 6. The molecule has 0 bridgehead atoms. The van der Waals surface area contributed by atoms with Crippen LogP contribution in [0.3, 0.4) is 0 Å². The number of anilines is 1. The highest BCUT2D eigenvalue weighted by molar-refractivity contribution is 6.05. The number of nitrogens with one attached hydrogen (secondary N) is 2. The molecule has 32 heavy (non-hydrogen) atoms. The van der Waals surface area contributed by atoms with Crippen LogP contribution in [0.2, 0.25) is 0 Å². The molecule has 3 heterocycles. The van der Waals surface area contributed by atoms with Gasteiger partial charge in [0, 0.05) is 29.4 Å². The summed E-state index contributed by atoms with van der Waals surface area (Å²) in [5.74, 6) is 2.14. The predicted octanol–water partition coefficient (Wildman–Crippen LogP) is 3.23. The van der Waals surface area contributed by atoms with Crippen molar-refractivity contribution in [3.63, 3.8) is 0 Å². The van der Waals surface area contributed by atoms with Crippen LogP contribution in [0, 0.1) is 11.8 Å². The van der Waals surface area contributed by atoms with Gasteiger partial charge in [-0.1, -0.05) is 25.1 Å². The lowest BCUT2D eigenvalue weighted by molar-refractivity contribution is -0.112. The van der Waals surface area contributed by atoms with E-state index in [9.17, 15) is 4.79 Å². The Kier molecular flexibility index (Phi) is 4.59. The zero-order valence-corrected chi connectivity index (χ0v) is 18.1. The highest BCUT2D eigenvalue weighted by Crippen LogP contribution is 2.38. The molecule has 2 aromatic rings. The van der Waals surface area contributed by atoms with E-state index in [2.05, 4.69) is 60.6 Å². The first kappa shape index (κ1) is 19.3. The van der Waals surface area contributed by atoms with E-state index in [1.54, 1.807) is 6.33 Å². The molecule has 0 saturated heterocycles. The molecule has 2 N–H and O–H groups in total. The van der Waals surface area contributed by atoms with Crippen molar-refractivity contribution in [2.75, 3.05) is 12.0 Å². The van der Waals surface area contributed by atoms with Gasteiger partial charge in [-0.2, -0.15) is 0 Å². The van der Waals surface area contributed by atoms with Crippen LogP contribution in [-0.4, -0.2) is 43.3 Å². The van der Waals surface area contributed by atoms with Crippen LogP contribution >= 0.6 is 0 Å². The standard InChI is InChI=1S/C24H27N7O/c1-15-5-6-17(11-21(15)30-12-20(25-13-30)16-7-8-16)24(32)28-22-4-2-3-19(27-22)23-29-26-14-31(23)18-9-10-18/h2-6,11-12,14-16,18,21,25H,7-10,13H2,1H3,(H,27,28,32). The van der Waals surface area contributed by atoms with Crippen molar-refractivity contribution in [1.29, 1.82) is 0 Å². The minimum atomic E-state index is -0.148. The van der Waals surface area contributed by atoms with E-state index in [4.69, 9.17) is 0 Å². The molecule has 1 amide bonds. The summed E-state index contributed by atoms with van der Waals surface area (Å²) in [5.41, 5.74) is 2.72. The van der Waals surface area contributed by atoms with Crippen molar-refractivity contribution in [3.05, 3.63) is 60.2 Å². The molecular weight excluding hydrogens is 402 g/mol. The number of hydrogen-bond acceptors (Lipinski definition) is 6. The average Bonchev–Trinajstić information content (AvgIpc) is 3.74. The van der Waals surface area contributed by atoms with Crippen LogP contribution < -0.4 is 10.6 Å². The molecule has 8 heteroatoms. The summed E-state index contributed by atoms with van der Waals surface area (Å²) in [6.07, 6.45) is 14.9. The molecular formula is C24H27N7O. The van der Waals surface area contributed by atoms with E-state index in [0.29, 0.717) is 35.0 Å². The predicted molar refractivity (Wildman–Crippen MR) is 121 cm³/mol. The maximum atomic E-state index is 13.0. The molecule has 1 aliphatic heterocycles. The van der Waals surface area contributed by atoms with E-state index in [0.717, 1.165) is 25.3 Å². The molecule has 4 aliphatic rings. The quantitative estimate of drug-likeness (QED) is 0.733. The minimum absolute atomic E-state index is 0.148. The molecule has 0 spiro atoms. The van der Waals surface area contributed by atoms with Crippen LogP contribution in [-0.2, 0) is 4.79 Å². The normalized spacial score (nSPS) is 24.7. The van der Waals surface area contributed by atoms with Crippen LogP contribution in [0.4, 0.5) is 5.82 Å². The number of allylic oxidation sites excluding steroid dienone is 1. The highest BCUT2D eigenvalue weighted by atomic mass is 16.1. The molecule has 2 atom stereocenters. The van der Waals surface area contributed by atoms with E-state index < -0.39 is 0 Å². The van der Waals surface area contributed by atoms with Gasteiger partial charge in [-0.3, -0.25) is 4.79 Å². The monoisotopic (exact) mass is 429 g/mol. The van der Waals surface area contributed by atoms with Crippen molar-refractivity contribution < 1.29 is 4.79 Å². The van der Waals surface area contributed by atoms with Crippen LogP contribution in [0.1, 0.15) is 38.6 Å². The molecule has 6 rings (SSSR count). The van der Waals surface area contributed by atoms with Crippen LogP contribution in [0.25, 0.3) is 11.5 Å². The smallest absolute Gasteiger partial charge is 0.256 e. The molecule has 0 aromatic carbocycles. The van der Waals surface area contributed by atoms with Crippen LogP contribution in [0.15, 0.2) is 60.2 Å². The van der Waals surface area contributed by atoms with Crippen molar-refractivity contribution >= 4 is 11.7 Å². The maximum absolute atomic E-state index is 13.0. The van der Waals surface area contributed by atoms with E-state index >= 15 is 0 Å². The Balaban J connectivity index is 1.19. The first-order valence-electron chi connectivity index (χ1n) is 11.5. The maximum Gasteiger partial charge on any atom is 0.256 e. The zero-order valence-electron chi connectivity index (χ0n) is 18.1. The van der Waals surface area contributed by atoms with E-state index in [1.165, 1.54) is 18.5 Å². The number of carbonyl (C=O) groups is 1. The largest absolute Gasteiger partial charge is 0.370 e. The highest BCUT2D eigenvalue weighted by Gasteiger charge is 2.33. The summed E-state index contributed by atoms with van der Waals surface area (Å²) in [7, 11) is 0. The summed E-state index contributed by atoms with van der Waals surface area (Å²) in [6.45, 7) is 2.99. The fourth-order valence-electron chi connectivity index (χ4n) is 4.46. The van der Waals surface area contributed by atoms with Crippen molar-refractivity contribution in [2.24, 2.45) is 11.8 Å². The van der Waals surface area contributed by atoms with Gasteiger partial charge in [-0.15, -0.1) is 10.2 Å². The fourth-order valence-corrected chi connectivity index (χ4v) is 4.46. The lowest BCUT2D eigenvalue weighted by Crippen LogP contribution is -2.37. The Morgan fingerprint density at radius 3 is 2.91 bits per heavy atom. The minimum Gasteiger partial charge on any atom is -0.370 e. The van der Waals surface area contributed by atoms with Gasteiger partial charge in [0.2, 0.25) is 0 Å². The third-order valence-corrected chi connectivity index (χ3v) is 6.63. The Hall–Kier alpha value is -3.42. The number of nitrogens with zero attached hydrogens (tertiary/aromatic N) is 5. The van der Waals surface area contributed by atoms with Crippen molar-refractivity contribution in [1.82, 2.24) is 30.0 Å². The third kappa shape index (κ3) is 3.70. The Morgan fingerprint density at radius 2 is 2.09 bits per heavy atom. The van der Waals surface area contributed by atoms with Crippen molar-refractivity contribution in [2.45, 2.75) is 44.7 Å². The third-order valence-electron chi connectivity index (χ3n) is 6.63. The molecule has 3 aliphatic carbocycles. The fraction of sp³-hybridized carbons (Fsp3) is 0.417. The number of carbonyl (C=O) groups excluding carboxylic acids is 1. The van der Waals surface area contributed by atoms with E-state index in [1.807, 2.05) is 24.3 Å². The summed E-state index contributed by atoms with van der Waals surface area (Å²) in [4.78, 5) is 20.0. The summed E-state index contributed by atoms with van der Waals surface area (Å²) < 4.78 is 2.07. The van der Waals surface area contributed by atoms with Gasteiger partial charge in [0.1, 0.15) is 17.8 Å². The Labute approximate surface area is 187 Å². The second kappa shape index (κ2) is 7.62. The van der Waals surface area contributed by atoms with Gasteiger partial charge in [0.15, 0.2) is 5.82 Å². The average molecular weight is 430 g/mol. The molecule has 2 saturated carbocycles. The molecule has 8 nitrogen and oxygen atoms in total. The first-order chi connectivity index (χ1) is 15.7.